The molecule has 154 valence electrons. The number of benzene rings is 1. The van der Waals surface area contributed by atoms with Gasteiger partial charge < -0.3 is 14.6 Å². The molecule has 0 spiro atoms. The molecule has 1 aromatic carbocycles. The smallest absolute Gasteiger partial charge is 0.414 e. The second-order valence-electron chi connectivity index (χ2n) is 7.60. The summed E-state index contributed by atoms with van der Waals surface area (Å²) in [5.41, 5.74) is 6.13. The summed E-state index contributed by atoms with van der Waals surface area (Å²) in [5, 5.41) is 11.2. The van der Waals surface area contributed by atoms with Gasteiger partial charge in [-0.2, -0.15) is 11.3 Å². The van der Waals surface area contributed by atoms with Crippen LogP contribution in [0, 0.1) is 0 Å². The molecule has 0 saturated carbocycles. The van der Waals surface area contributed by atoms with Crippen LogP contribution in [0.15, 0.2) is 39.5 Å². The minimum atomic E-state index is -0.390. The molecule has 3 heterocycles. The van der Waals surface area contributed by atoms with Gasteiger partial charge in [0.2, 0.25) is 5.91 Å². The molecule has 0 radical (unpaired) electrons. The van der Waals surface area contributed by atoms with Crippen LogP contribution in [0.3, 0.4) is 0 Å². The number of rotatable bonds is 4. The third kappa shape index (κ3) is 3.37. The fourth-order valence-electron chi connectivity index (χ4n) is 4.11. The molecule has 8 heteroatoms. The van der Waals surface area contributed by atoms with Gasteiger partial charge in [0.1, 0.15) is 11.8 Å². The van der Waals surface area contributed by atoms with Crippen molar-refractivity contribution in [2.75, 3.05) is 18.0 Å². The first-order valence-corrected chi connectivity index (χ1v) is 10.9. The second kappa shape index (κ2) is 7.60. The number of carbonyl (C=O) groups is 2. The highest BCUT2D eigenvalue weighted by Crippen LogP contribution is 2.39. The number of nitrogens with one attached hydrogen (secondary N) is 1. The Morgan fingerprint density at radius 1 is 1.33 bits per heavy atom. The van der Waals surface area contributed by atoms with Gasteiger partial charge >= 0.3 is 6.09 Å². The molecule has 7 nitrogen and oxygen atoms in total. The van der Waals surface area contributed by atoms with E-state index in [0.29, 0.717) is 13.1 Å². The van der Waals surface area contributed by atoms with Crippen LogP contribution in [0.1, 0.15) is 24.5 Å². The maximum atomic E-state index is 12.4. The first kappa shape index (κ1) is 18.9. The van der Waals surface area contributed by atoms with Gasteiger partial charge in [-0.05, 0) is 54.5 Å². The van der Waals surface area contributed by atoms with Crippen molar-refractivity contribution >= 4 is 29.0 Å². The minimum Gasteiger partial charge on any atom is -0.442 e. The molecule has 2 aliphatic rings. The number of anilines is 1. The summed E-state index contributed by atoms with van der Waals surface area (Å²) < 4.78 is 11.2. The Kier molecular flexibility index (Phi) is 4.78. The summed E-state index contributed by atoms with van der Waals surface area (Å²) in [6.45, 7) is 2.17. The Labute approximate surface area is 177 Å². The van der Waals surface area contributed by atoms with E-state index in [2.05, 4.69) is 21.9 Å². The normalized spacial score (nSPS) is 17.8. The van der Waals surface area contributed by atoms with E-state index in [1.54, 1.807) is 16.2 Å². The molecule has 1 atom stereocenters. The predicted molar refractivity (Wildman–Crippen MR) is 114 cm³/mol. The number of nitrogens with zero attached hydrogens (tertiary/aromatic N) is 2. The molecule has 1 saturated heterocycles. The van der Waals surface area contributed by atoms with Crippen molar-refractivity contribution in [3.8, 4) is 22.6 Å². The number of hydrogen-bond acceptors (Lipinski definition) is 6. The van der Waals surface area contributed by atoms with Crippen molar-refractivity contribution in [3.63, 3.8) is 0 Å². The lowest BCUT2D eigenvalue weighted by Gasteiger charge is -2.15. The average Bonchev–Trinajstić information content (AvgIpc) is 3.44. The van der Waals surface area contributed by atoms with Crippen molar-refractivity contribution in [1.82, 2.24) is 10.5 Å². The van der Waals surface area contributed by atoms with E-state index >= 15 is 0 Å². The summed E-state index contributed by atoms with van der Waals surface area (Å²) >= 11 is 1.65. The molecule has 30 heavy (non-hydrogen) atoms. The summed E-state index contributed by atoms with van der Waals surface area (Å²) in [4.78, 5) is 25.1. The predicted octanol–water partition coefficient (Wildman–Crippen LogP) is 4.02. The highest BCUT2D eigenvalue weighted by Gasteiger charge is 2.33. The van der Waals surface area contributed by atoms with Crippen molar-refractivity contribution in [2.24, 2.45) is 0 Å². The van der Waals surface area contributed by atoms with E-state index in [0.717, 1.165) is 58.7 Å². The monoisotopic (exact) mass is 423 g/mol. The maximum absolute atomic E-state index is 12.4. The molecular formula is C22H21N3O4S. The van der Waals surface area contributed by atoms with Crippen LogP contribution in [0.5, 0.6) is 0 Å². The maximum Gasteiger partial charge on any atom is 0.414 e. The summed E-state index contributed by atoms with van der Waals surface area (Å²) in [5.74, 6) is 0.682. The molecule has 1 unspecified atom stereocenters. The van der Waals surface area contributed by atoms with E-state index < -0.39 is 0 Å². The quantitative estimate of drug-likeness (QED) is 0.685. The number of aromatic nitrogens is 1. The largest absolute Gasteiger partial charge is 0.442 e. The van der Waals surface area contributed by atoms with Gasteiger partial charge in [-0.3, -0.25) is 9.69 Å². The van der Waals surface area contributed by atoms with Gasteiger partial charge in [-0.25, -0.2) is 4.79 Å². The lowest BCUT2D eigenvalue weighted by atomic mass is 10.0. The van der Waals surface area contributed by atoms with Crippen LogP contribution in [0.4, 0.5) is 10.5 Å². The van der Waals surface area contributed by atoms with Crippen molar-refractivity contribution in [1.29, 1.82) is 0 Å². The van der Waals surface area contributed by atoms with E-state index in [1.807, 2.05) is 23.6 Å². The van der Waals surface area contributed by atoms with Gasteiger partial charge in [0, 0.05) is 34.7 Å². The van der Waals surface area contributed by atoms with Gasteiger partial charge in [0.15, 0.2) is 5.76 Å². The topological polar surface area (TPSA) is 84.7 Å². The standard InChI is InChI=1S/C22H21N3O4S/c1-13(26)23-10-17-11-25(22(27)28-17)16-5-6-18-14(9-16)3-2-4-19-20(24-29-21(18)19)15-7-8-30-12-15/h5-9,12,17H,2-4,10-11H2,1H3,(H,23,26). The Morgan fingerprint density at radius 2 is 2.23 bits per heavy atom. The zero-order valence-electron chi connectivity index (χ0n) is 16.5. The Bertz CT molecular complexity index is 1110. The van der Waals surface area contributed by atoms with Crippen LogP contribution in [-0.4, -0.2) is 36.4 Å². The number of aryl methyl sites for hydroxylation is 1. The highest BCUT2D eigenvalue weighted by molar-refractivity contribution is 7.08. The Hall–Kier alpha value is -3.13. The first-order valence-electron chi connectivity index (χ1n) is 9.97. The Morgan fingerprint density at radius 3 is 3.03 bits per heavy atom. The van der Waals surface area contributed by atoms with Gasteiger partial charge in [-0.15, -0.1) is 0 Å². The van der Waals surface area contributed by atoms with Crippen LogP contribution < -0.4 is 10.2 Å². The fourth-order valence-corrected chi connectivity index (χ4v) is 4.75. The highest BCUT2D eigenvalue weighted by atomic mass is 32.1. The van der Waals surface area contributed by atoms with E-state index in [9.17, 15) is 9.59 Å². The number of carbonyl (C=O) groups excluding carboxylic acids is 2. The Balaban J connectivity index is 1.43. The lowest BCUT2D eigenvalue weighted by Crippen LogP contribution is -2.33. The average molecular weight is 423 g/mol. The number of amides is 2. The molecule has 3 aromatic rings. The van der Waals surface area contributed by atoms with Crippen molar-refractivity contribution < 1.29 is 18.8 Å². The van der Waals surface area contributed by atoms with Crippen LogP contribution in [0.25, 0.3) is 22.6 Å². The number of fused-ring (bicyclic) bond motifs is 3. The van der Waals surface area contributed by atoms with Crippen LogP contribution in [-0.2, 0) is 22.4 Å². The van der Waals surface area contributed by atoms with Gasteiger partial charge in [0.25, 0.3) is 0 Å². The first-order chi connectivity index (χ1) is 14.6. The molecule has 1 aliphatic heterocycles. The lowest BCUT2D eigenvalue weighted by molar-refractivity contribution is -0.119. The number of cyclic esters (lactones) is 1. The number of hydrogen-bond donors (Lipinski definition) is 1. The molecule has 2 aromatic heterocycles. The second-order valence-corrected chi connectivity index (χ2v) is 8.38. The number of thiophene rings is 1. The zero-order valence-corrected chi connectivity index (χ0v) is 17.3. The molecule has 2 amide bonds. The fraction of sp³-hybridized carbons (Fsp3) is 0.318. The molecule has 1 fully saturated rings. The molecular weight excluding hydrogens is 402 g/mol. The summed E-state index contributed by atoms with van der Waals surface area (Å²) in [6.07, 6.45) is 2.04. The molecule has 0 bridgehead atoms. The SMILES string of the molecule is CC(=O)NCC1CN(c2ccc3c(c2)CCCc2c(-c4ccsc4)noc2-3)C(=O)O1. The van der Waals surface area contributed by atoms with Gasteiger partial charge in [0.05, 0.1) is 13.1 Å². The van der Waals surface area contributed by atoms with E-state index in [-0.39, 0.29) is 18.1 Å². The summed E-state index contributed by atoms with van der Waals surface area (Å²) in [7, 11) is 0. The van der Waals surface area contributed by atoms with Crippen molar-refractivity contribution in [3.05, 3.63) is 46.2 Å². The molecule has 1 N–H and O–H groups in total. The van der Waals surface area contributed by atoms with E-state index in [4.69, 9.17) is 9.26 Å². The van der Waals surface area contributed by atoms with Gasteiger partial charge in [-0.1, -0.05) is 5.16 Å². The van der Waals surface area contributed by atoms with Crippen molar-refractivity contribution in [2.45, 2.75) is 32.3 Å². The third-order valence-electron chi connectivity index (χ3n) is 5.55. The molecule has 1 aliphatic carbocycles. The summed E-state index contributed by atoms with van der Waals surface area (Å²) in [6, 6.07) is 8.03. The van der Waals surface area contributed by atoms with Crippen LogP contribution >= 0.6 is 11.3 Å². The molecule has 5 rings (SSSR count). The zero-order chi connectivity index (χ0) is 20.7. The van der Waals surface area contributed by atoms with E-state index in [1.165, 1.54) is 6.92 Å². The van der Waals surface area contributed by atoms with Crippen LogP contribution in [0.2, 0.25) is 0 Å². The minimum absolute atomic E-state index is 0.140. The number of ether oxygens (including phenoxy) is 1. The third-order valence-corrected chi connectivity index (χ3v) is 6.24.